The number of methoxy groups -OCH3 is 2. The molecule has 6 nitrogen and oxygen atoms in total. The standard InChI is InChI=1S/C18H22N2O4/c1-4-9-19-17(21)18(7-8-18)16-11-14(24-20-16)12-5-6-13(22-2)15(10-12)23-3/h5-6,10-11H,4,7-9H2,1-3H3,(H,19,21). The van der Waals surface area contributed by atoms with E-state index in [-0.39, 0.29) is 5.91 Å². The maximum Gasteiger partial charge on any atom is 0.232 e. The van der Waals surface area contributed by atoms with Crippen LogP contribution in [0.25, 0.3) is 11.3 Å². The zero-order valence-corrected chi connectivity index (χ0v) is 14.2. The van der Waals surface area contributed by atoms with Gasteiger partial charge in [0.15, 0.2) is 17.3 Å². The third kappa shape index (κ3) is 2.84. The summed E-state index contributed by atoms with van der Waals surface area (Å²) in [6.45, 7) is 2.71. The van der Waals surface area contributed by atoms with Gasteiger partial charge in [0.05, 0.1) is 25.3 Å². The van der Waals surface area contributed by atoms with Crippen LogP contribution in [0.5, 0.6) is 11.5 Å². The number of hydrogen-bond donors (Lipinski definition) is 1. The molecule has 1 aromatic carbocycles. The summed E-state index contributed by atoms with van der Waals surface area (Å²) in [7, 11) is 3.18. The van der Waals surface area contributed by atoms with Gasteiger partial charge in [-0.05, 0) is 37.5 Å². The molecular weight excluding hydrogens is 308 g/mol. The van der Waals surface area contributed by atoms with Gasteiger partial charge in [0.1, 0.15) is 0 Å². The summed E-state index contributed by atoms with van der Waals surface area (Å²) in [6, 6.07) is 7.37. The van der Waals surface area contributed by atoms with Crippen molar-refractivity contribution in [2.45, 2.75) is 31.6 Å². The fraction of sp³-hybridized carbons (Fsp3) is 0.444. The van der Waals surface area contributed by atoms with Crippen molar-refractivity contribution in [2.75, 3.05) is 20.8 Å². The Hall–Kier alpha value is -2.50. The van der Waals surface area contributed by atoms with Crippen LogP contribution in [0.2, 0.25) is 0 Å². The van der Waals surface area contributed by atoms with E-state index in [1.165, 1.54) is 0 Å². The van der Waals surface area contributed by atoms with Gasteiger partial charge in [-0.3, -0.25) is 4.79 Å². The van der Waals surface area contributed by atoms with E-state index in [4.69, 9.17) is 14.0 Å². The Labute approximate surface area is 141 Å². The molecule has 1 N–H and O–H groups in total. The number of nitrogens with one attached hydrogen (secondary N) is 1. The number of amides is 1. The van der Waals surface area contributed by atoms with Gasteiger partial charge in [0, 0.05) is 18.2 Å². The SMILES string of the molecule is CCCNC(=O)C1(c2cc(-c3ccc(OC)c(OC)c3)on2)CC1. The highest BCUT2D eigenvalue weighted by atomic mass is 16.5. The first-order valence-electron chi connectivity index (χ1n) is 8.12. The number of carbonyl (C=O) groups excluding carboxylic acids is 1. The van der Waals surface area contributed by atoms with Gasteiger partial charge >= 0.3 is 0 Å². The summed E-state index contributed by atoms with van der Waals surface area (Å²) in [4.78, 5) is 12.4. The van der Waals surface area contributed by atoms with Crippen molar-refractivity contribution in [2.24, 2.45) is 0 Å². The second-order valence-electron chi connectivity index (χ2n) is 5.98. The number of benzene rings is 1. The van der Waals surface area contributed by atoms with Crippen LogP contribution in [-0.4, -0.2) is 31.8 Å². The highest BCUT2D eigenvalue weighted by Crippen LogP contribution is 2.48. The van der Waals surface area contributed by atoms with Gasteiger partial charge in [-0.25, -0.2) is 0 Å². The molecule has 24 heavy (non-hydrogen) atoms. The lowest BCUT2D eigenvalue weighted by molar-refractivity contribution is -0.123. The average Bonchev–Trinajstić information content (AvgIpc) is 3.29. The Morgan fingerprint density at radius 3 is 2.62 bits per heavy atom. The summed E-state index contributed by atoms with van der Waals surface area (Å²) in [5, 5.41) is 7.10. The van der Waals surface area contributed by atoms with E-state index >= 15 is 0 Å². The van der Waals surface area contributed by atoms with Crippen molar-refractivity contribution in [1.29, 1.82) is 0 Å². The Morgan fingerprint density at radius 1 is 1.25 bits per heavy atom. The van der Waals surface area contributed by atoms with Gasteiger partial charge in [-0.2, -0.15) is 0 Å². The van der Waals surface area contributed by atoms with E-state index in [2.05, 4.69) is 10.5 Å². The summed E-state index contributed by atoms with van der Waals surface area (Å²) >= 11 is 0. The fourth-order valence-corrected chi connectivity index (χ4v) is 2.76. The van der Waals surface area contributed by atoms with Gasteiger partial charge in [-0.1, -0.05) is 12.1 Å². The molecule has 6 heteroatoms. The van der Waals surface area contributed by atoms with Gasteiger partial charge in [-0.15, -0.1) is 0 Å². The summed E-state index contributed by atoms with van der Waals surface area (Å²) in [6.07, 6.45) is 2.53. The smallest absolute Gasteiger partial charge is 0.232 e. The van der Waals surface area contributed by atoms with Crippen LogP contribution in [0.4, 0.5) is 0 Å². The molecule has 3 rings (SSSR count). The first kappa shape index (κ1) is 16.4. The molecule has 1 aliphatic rings. The van der Waals surface area contributed by atoms with E-state index in [1.807, 2.05) is 31.2 Å². The van der Waals surface area contributed by atoms with Crippen molar-refractivity contribution in [3.05, 3.63) is 30.0 Å². The predicted molar refractivity (Wildman–Crippen MR) is 89.3 cm³/mol. The minimum Gasteiger partial charge on any atom is -0.493 e. The lowest BCUT2D eigenvalue weighted by Gasteiger charge is -2.11. The molecule has 1 aliphatic carbocycles. The Kier molecular flexibility index (Phi) is 4.46. The second kappa shape index (κ2) is 6.55. The quantitative estimate of drug-likeness (QED) is 0.845. The average molecular weight is 330 g/mol. The molecule has 0 aliphatic heterocycles. The molecule has 0 radical (unpaired) electrons. The van der Waals surface area contributed by atoms with Crippen molar-refractivity contribution in [3.63, 3.8) is 0 Å². The Balaban J connectivity index is 1.85. The molecule has 1 saturated carbocycles. The normalized spacial score (nSPS) is 15.0. The van der Waals surface area contributed by atoms with Crippen molar-refractivity contribution in [1.82, 2.24) is 10.5 Å². The highest BCUT2D eigenvalue weighted by Gasteiger charge is 2.53. The summed E-state index contributed by atoms with van der Waals surface area (Å²) in [5.41, 5.74) is 1.00. The fourth-order valence-electron chi connectivity index (χ4n) is 2.76. The van der Waals surface area contributed by atoms with Gasteiger partial charge in [0.25, 0.3) is 0 Å². The largest absolute Gasteiger partial charge is 0.493 e. The number of aromatic nitrogens is 1. The van der Waals surface area contributed by atoms with Crippen molar-refractivity contribution in [3.8, 4) is 22.8 Å². The summed E-state index contributed by atoms with van der Waals surface area (Å²) < 4.78 is 16.0. The molecule has 128 valence electrons. The van der Waals surface area contributed by atoms with E-state index < -0.39 is 5.41 Å². The zero-order chi connectivity index (χ0) is 17.2. The van der Waals surface area contributed by atoms with E-state index in [0.717, 1.165) is 24.8 Å². The highest BCUT2D eigenvalue weighted by molar-refractivity contribution is 5.91. The maximum absolute atomic E-state index is 12.4. The van der Waals surface area contributed by atoms with Crippen LogP contribution >= 0.6 is 0 Å². The molecule has 0 saturated heterocycles. The van der Waals surface area contributed by atoms with E-state index in [9.17, 15) is 4.79 Å². The second-order valence-corrected chi connectivity index (χ2v) is 5.98. The monoisotopic (exact) mass is 330 g/mol. The van der Waals surface area contributed by atoms with Crippen LogP contribution in [0, 0.1) is 0 Å². The molecule has 0 spiro atoms. The number of hydrogen-bond acceptors (Lipinski definition) is 5. The lowest BCUT2D eigenvalue weighted by Crippen LogP contribution is -2.35. The first-order valence-corrected chi connectivity index (χ1v) is 8.12. The molecule has 0 bridgehead atoms. The third-order valence-electron chi connectivity index (χ3n) is 4.39. The van der Waals surface area contributed by atoms with Crippen LogP contribution < -0.4 is 14.8 Å². The van der Waals surface area contributed by atoms with Crippen LogP contribution in [0.15, 0.2) is 28.8 Å². The molecule has 2 aromatic rings. The van der Waals surface area contributed by atoms with Crippen molar-refractivity contribution >= 4 is 5.91 Å². The maximum atomic E-state index is 12.4. The molecule has 0 unspecified atom stereocenters. The molecule has 1 fully saturated rings. The number of rotatable bonds is 7. The van der Waals surface area contributed by atoms with Gasteiger partial charge in [0.2, 0.25) is 5.91 Å². The van der Waals surface area contributed by atoms with Crippen LogP contribution in [-0.2, 0) is 10.2 Å². The molecule has 1 aromatic heterocycles. The zero-order valence-electron chi connectivity index (χ0n) is 14.2. The molecule has 0 atom stereocenters. The minimum absolute atomic E-state index is 0.0384. The van der Waals surface area contributed by atoms with E-state index in [0.29, 0.717) is 29.5 Å². The predicted octanol–water partition coefficient (Wildman–Crippen LogP) is 2.92. The lowest BCUT2D eigenvalue weighted by atomic mass is 10.00. The minimum atomic E-state index is -0.520. The molecule has 1 heterocycles. The molecular formula is C18H22N2O4. The Morgan fingerprint density at radius 2 is 2.00 bits per heavy atom. The van der Waals surface area contributed by atoms with Crippen LogP contribution in [0.3, 0.4) is 0 Å². The first-order chi connectivity index (χ1) is 11.6. The number of ether oxygens (including phenoxy) is 2. The third-order valence-corrected chi connectivity index (χ3v) is 4.39. The Bertz CT molecular complexity index is 734. The van der Waals surface area contributed by atoms with Gasteiger partial charge < -0.3 is 19.3 Å². The topological polar surface area (TPSA) is 73.6 Å². The number of carbonyl (C=O) groups is 1. The molecule has 1 amide bonds. The number of nitrogens with zero attached hydrogens (tertiary/aromatic N) is 1. The van der Waals surface area contributed by atoms with Crippen LogP contribution in [0.1, 0.15) is 31.9 Å². The van der Waals surface area contributed by atoms with E-state index in [1.54, 1.807) is 14.2 Å². The van der Waals surface area contributed by atoms with Crippen molar-refractivity contribution < 1.29 is 18.8 Å². The summed E-state index contributed by atoms with van der Waals surface area (Å²) in [5.74, 6) is 1.92.